The van der Waals surface area contributed by atoms with Crippen LogP contribution in [0.5, 0.6) is 0 Å². The van der Waals surface area contributed by atoms with Gasteiger partial charge in [0.2, 0.25) is 0 Å². The average Bonchev–Trinajstić information content (AvgIpc) is 2.42. The van der Waals surface area contributed by atoms with E-state index in [1.807, 2.05) is 14.0 Å². The Morgan fingerprint density at radius 1 is 1.35 bits per heavy atom. The second-order valence-electron chi connectivity index (χ2n) is 4.86. The predicted octanol–water partition coefficient (Wildman–Crippen LogP) is 2.58. The molecule has 5 heteroatoms. The van der Waals surface area contributed by atoms with Gasteiger partial charge in [-0.1, -0.05) is 19.1 Å². The fourth-order valence-corrected chi connectivity index (χ4v) is 2.19. The first-order valence-corrected chi connectivity index (χ1v) is 6.94. The monoisotopic (exact) mass is 286 g/mol. The summed E-state index contributed by atoms with van der Waals surface area (Å²) in [6.45, 7) is 4.83. The zero-order chi connectivity index (χ0) is 15.0. The molecular formula is C15H24F2N2O. The van der Waals surface area contributed by atoms with Crippen molar-refractivity contribution in [1.82, 2.24) is 10.2 Å². The van der Waals surface area contributed by atoms with Crippen LogP contribution >= 0.6 is 0 Å². The summed E-state index contributed by atoms with van der Waals surface area (Å²) >= 11 is 0. The molecule has 3 nitrogen and oxygen atoms in total. The molecule has 0 spiro atoms. The number of halogens is 2. The maximum Gasteiger partial charge on any atom is 0.163 e. The summed E-state index contributed by atoms with van der Waals surface area (Å²) in [6.07, 6.45) is 0.914. The Bertz CT molecular complexity index is 401. The van der Waals surface area contributed by atoms with E-state index in [-0.39, 0.29) is 6.04 Å². The highest BCUT2D eigenvalue weighted by molar-refractivity contribution is 5.23. The second kappa shape index (κ2) is 9.00. The van der Waals surface area contributed by atoms with Gasteiger partial charge in [0.1, 0.15) is 0 Å². The molecule has 0 amide bonds. The lowest BCUT2D eigenvalue weighted by Gasteiger charge is -2.25. The van der Waals surface area contributed by atoms with Crippen LogP contribution in [0.1, 0.15) is 24.9 Å². The molecule has 0 aromatic heterocycles. The fraction of sp³-hybridized carbons (Fsp3) is 0.600. The van der Waals surface area contributed by atoms with E-state index in [1.165, 1.54) is 0 Å². The normalized spacial score (nSPS) is 12.9. The summed E-state index contributed by atoms with van der Waals surface area (Å²) < 4.78 is 32.2. The molecule has 1 aromatic rings. The maximum atomic E-state index is 13.9. The summed E-state index contributed by atoms with van der Waals surface area (Å²) in [5.41, 5.74) is 0.380. The van der Waals surface area contributed by atoms with Crippen molar-refractivity contribution in [2.24, 2.45) is 0 Å². The Kier molecular flexibility index (Phi) is 7.65. The van der Waals surface area contributed by atoms with Crippen molar-refractivity contribution < 1.29 is 13.5 Å². The van der Waals surface area contributed by atoms with Crippen LogP contribution in [0.2, 0.25) is 0 Å². The van der Waals surface area contributed by atoms with E-state index in [4.69, 9.17) is 4.74 Å². The van der Waals surface area contributed by atoms with Crippen LogP contribution in [0.4, 0.5) is 8.78 Å². The van der Waals surface area contributed by atoms with Gasteiger partial charge in [-0.25, -0.2) is 8.78 Å². The van der Waals surface area contributed by atoms with Gasteiger partial charge in [-0.15, -0.1) is 0 Å². The van der Waals surface area contributed by atoms with Crippen LogP contribution in [0.25, 0.3) is 0 Å². The Morgan fingerprint density at radius 2 is 2.10 bits per heavy atom. The van der Waals surface area contributed by atoms with Gasteiger partial charge < -0.3 is 15.0 Å². The number of hydrogen-bond acceptors (Lipinski definition) is 3. The number of methoxy groups -OCH3 is 1. The summed E-state index contributed by atoms with van der Waals surface area (Å²) in [6, 6.07) is 4.10. The van der Waals surface area contributed by atoms with Crippen molar-refractivity contribution in [1.29, 1.82) is 0 Å². The number of rotatable bonds is 9. The minimum Gasteiger partial charge on any atom is -0.385 e. The number of hydrogen-bond donors (Lipinski definition) is 1. The lowest BCUT2D eigenvalue weighted by molar-refractivity contribution is 0.176. The molecule has 1 atom stereocenters. The lowest BCUT2D eigenvalue weighted by Crippen LogP contribution is -2.34. The van der Waals surface area contributed by atoms with Crippen molar-refractivity contribution in [2.75, 3.05) is 40.4 Å². The van der Waals surface area contributed by atoms with E-state index >= 15 is 0 Å². The van der Waals surface area contributed by atoms with Crippen LogP contribution in [0, 0.1) is 11.6 Å². The van der Waals surface area contributed by atoms with E-state index < -0.39 is 11.6 Å². The minimum absolute atomic E-state index is 0.219. The molecule has 0 radical (unpaired) electrons. The molecule has 0 saturated carbocycles. The molecule has 1 N–H and O–H groups in total. The molecule has 0 heterocycles. The van der Waals surface area contributed by atoms with Gasteiger partial charge in [0.15, 0.2) is 11.6 Å². The summed E-state index contributed by atoms with van der Waals surface area (Å²) in [5, 5.41) is 3.21. The van der Waals surface area contributed by atoms with Crippen molar-refractivity contribution in [3.8, 4) is 0 Å². The van der Waals surface area contributed by atoms with E-state index in [9.17, 15) is 8.78 Å². The third kappa shape index (κ3) is 5.15. The molecule has 0 bridgehead atoms. The Labute approximate surface area is 119 Å². The van der Waals surface area contributed by atoms with Crippen molar-refractivity contribution in [3.63, 3.8) is 0 Å². The largest absolute Gasteiger partial charge is 0.385 e. The number of likely N-dealkylation sites (N-methyl/N-ethyl adjacent to an activating group) is 2. The number of benzene rings is 1. The fourth-order valence-electron chi connectivity index (χ4n) is 2.19. The quantitative estimate of drug-likeness (QED) is 0.706. The van der Waals surface area contributed by atoms with E-state index in [2.05, 4.69) is 10.2 Å². The molecule has 20 heavy (non-hydrogen) atoms. The number of nitrogens with zero attached hydrogens (tertiary/aromatic N) is 1. The van der Waals surface area contributed by atoms with Gasteiger partial charge in [0.05, 0.1) is 0 Å². The molecule has 0 aliphatic rings. The first-order valence-electron chi connectivity index (χ1n) is 6.94. The highest BCUT2D eigenvalue weighted by Gasteiger charge is 2.18. The minimum atomic E-state index is -0.799. The van der Waals surface area contributed by atoms with Crippen molar-refractivity contribution in [2.45, 2.75) is 19.4 Å². The smallest absolute Gasteiger partial charge is 0.163 e. The Balaban J connectivity index is 2.70. The molecule has 1 aromatic carbocycles. The SMILES string of the molecule is CCNC(CN(C)CCCOC)c1cccc(F)c1F. The lowest BCUT2D eigenvalue weighted by atomic mass is 10.1. The molecular weight excluding hydrogens is 262 g/mol. The van der Waals surface area contributed by atoms with Crippen LogP contribution < -0.4 is 5.32 Å². The highest BCUT2D eigenvalue weighted by Crippen LogP contribution is 2.20. The molecule has 0 aliphatic carbocycles. The summed E-state index contributed by atoms with van der Waals surface area (Å²) in [7, 11) is 3.64. The van der Waals surface area contributed by atoms with Crippen LogP contribution in [-0.4, -0.2) is 45.3 Å². The first kappa shape index (κ1) is 17.0. The van der Waals surface area contributed by atoms with Crippen LogP contribution in [0.3, 0.4) is 0 Å². The van der Waals surface area contributed by atoms with Gasteiger partial charge in [0.25, 0.3) is 0 Å². The zero-order valence-electron chi connectivity index (χ0n) is 12.5. The molecule has 0 fully saturated rings. The number of nitrogens with one attached hydrogen (secondary N) is 1. The van der Waals surface area contributed by atoms with E-state index in [1.54, 1.807) is 19.2 Å². The van der Waals surface area contributed by atoms with Crippen molar-refractivity contribution >= 4 is 0 Å². The molecule has 1 unspecified atom stereocenters. The maximum absolute atomic E-state index is 13.9. The van der Waals surface area contributed by atoms with Gasteiger partial charge in [0, 0.05) is 38.4 Å². The standard InChI is InChI=1S/C15H24F2N2O/c1-4-18-14(11-19(2)9-6-10-20-3)12-7-5-8-13(16)15(12)17/h5,7-8,14,18H,4,6,9-11H2,1-3H3. The summed E-state index contributed by atoms with van der Waals surface area (Å²) in [4.78, 5) is 2.09. The summed E-state index contributed by atoms with van der Waals surface area (Å²) in [5.74, 6) is -1.56. The van der Waals surface area contributed by atoms with E-state index in [0.29, 0.717) is 25.3 Å². The van der Waals surface area contributed by atoms with Gasteiger partial charge >= 0.3 is 0 Å². The number of ether oxygens (including phenoxy) is 1. The van der Waals surface area contributed by atoms with Gasteiger partial charge in [-0.05, 0) is 26.1 Å². The molecule has 114 valence electrons. The average molecular weight is 286 g/mol. The van der Waals surface area contributed by atoms with E-state index in [0.717, 1.165) is 19.0 Å². The Hall–Kier alpha value is -1.04. The van der Waals surface area contributed by atoms with Gasteiger partial charge in [-0.2, -0.15) is 0 Å². The van der Waals surface area contributed by atoms with Crippen LogP contribution in [0.15, 0.2) is 18.2 Å². The Morgan fingerprint density at radius 3 is 2.75 bits per heavy atom. The first-order chi connectivity index (χ1) is 9.60. The highest BCUT2D eigenvalue weighted by atomic mass is 19.2. The molecule has 0 aliphatic heterocycles. The predicted molar refractivity (Wildman–Crippen MR) is 76.8 cm³/mol. The topological polar surface area (TPSA) is 24.5 Å². The third-order valence-corrected chi connectivity index (χ3v) is 3.19. The van der Waals surface area contributed by atoms with Gasteiger partial charge in [-0.3, -0.25) is 0 Å². The van der Waals surface area contributed by atoms with Crippen LogP contribution in [-0.2, 0) is 4.74 Å². The third-order valence-electron chi connectivity index (χ3n) is 3.19. The molecule has 1 rings (SSSR count). The zero-order valence-corrected chi connectivity index (χ0v) is 12.5. The van der Waals surface area contributed by atoms with Crippen molar-refractivity contribution in [3.05, 3.63) is 35.4 Å². The molecule has 0 saturated heterocycles. The second-order valence-corrected chi connectivity index (χ2v) is 4.86.